The van der Waals surface area contributed by atoms with E-state index in [0.717, 1.165) is 18.8 Å². The zero-order valence-corrected chi connectivity index (χ0v) is 15.1. The summed E-state index contributed by atoms with van der Waals surface area (Å²) in [7, 11) is 0. The van der Waals surface area contributed by atoms with Crippen LogP contribution in [0.25, 0.3) is 0 Å². The van der Waals surface area contributed by atoms with Crippen molar-refractivity contribution >= 4 is 5.91 Å². The Hall–Kier alpha value is -2.88. The summed E-state index contributed by atoms with van der Waals surface area (Å²) in [6.45, 7) is 3.49. The van der Waals surface area contributed by atoms with Crippen LogP contribution < -0.4 is 5.32 Å². The van der Waals surface area contributed by atoms with Crippen molar-refractivity contribution in [3.63, 3.8) is 0 Å². The lowest BCUT2D eigenvalue weighted by molar-refractivity contribution is -0.121. The van der Waals surface area contributed by atoms with Crippen molar-refractivity contribution in [1.82, 2.24) is 14.9 Å². The summed E-state index contributed by atoms with van der Waals surface area (Å²) in [4.78, 5) is 16.6. The van der Waals surface area contributed by atoms with E-state index in [0.29, 0.717) is 13.0 Å². The number of nitrogens with zero attached hydrogens (tertiary/aromatic N) is 2. The Kier molecular flexibility index (Phi) is 6.20. The molecule has 0 fully saturated rings. The number of rotatable bonds is 8. The first-order valence-corrected chi connectivity index (χ1v) is 9.08. The average Bonchev–Trinajstić information content (AvgIpc) is 3.10. The van der Waals surface area contributed by atoms with Crippen molar-refractivity contribution in [3.05, 3.63) is 90.0 Å². The molecule has 0 radical (unpaired) electrons. The lowest BCUT2D eigenvalue weighted by Gasteiger charge is -2.12. The predicted octanol–water partition coefficient (Wildman–Crippen LogP) is 3.78. The van der Waals surface area contributed by atoms with Crippen LogP contribution in [0.15, 0.2) is 73.1 Å². The van der Waals surface area contributed by atoms with E-state index in [1.165, 1.54) is 11.1 Å². The topological polar surface area (TPSA) is 46.9 Å². The summed E-state index contributed by atoms with van der Waals surface area (Å²) < 4.78 is 2.13. The number of imidazole rings is 1. The molecule has 2 aromatic carbocycles. The predicted molar refractivity (Wildman–Crippen MR) is 104 cm³/mol. The molecule has 1 N–H and O–H groups in total. The second-order valence-electron chi connectivity index (χ2n) is 6.57. The fourth-order valence-electron chi connectivity index (χ4n) is 3.06. The Morgan fingerprint density at radius 3 is 2.50 bits per heavy atom. The number of nitrogens with one attached hydrogen (secondary N) is 1. The summed E-state index contributed by atoms with van der Waals surface area (Å²) in [5.74, 6) is 1.30. The van der Waals surface area contributed by atoms with E-state index in [4.69, 9.17) is 0 Å². The highest BCUT2D eigenvalue weighted by Crippen LogP contribution is 2.18. The van der Waals surface area contributed by atoms with Crippen LogP contribution in [0.4, 0.5) is 0 Å². The van der Waals surface area contributed by atoms with E-state index in [1.54, 1.807) is 0 Å². The SMILES string of the molecule is CC(CC(=O)NCCc1nccn1Cc1ccccc1)c1ccccc1. The van der Waals surface area contributed by atoms with Crippen LogP contribution in [-0.4, -0.2) is 22.0 Å². The number of hydrogen-bond acceptors (Lipinski definition) is 2. The molecule has 0 saturated carbocycles. The molecule has 0 bridgehead atoms. The molecule has 134 valence electrons. The number of carbonyl (C=O) groups excluding carboxylic acids is 1. The largest absolute Gasteiger partial charge is 0.356 e. The van der Waals surface area contributed by atoms with Gasteiger partial charge in [-0.3, -0.25) is 4.79 Å². The van der Waals surface area contributed by atoms with Crippen LogP contribution in [0, 0.1) is 0 Å². The minimum absolute atomic E-state index is 0.0857. The van der Waals surface area contributed by atoms with E-state index in [-0.39, 0.29) is 11.8 Å². The minimum atomic E-state index is 0.0857. The highest BCUT2D eigenvalue weighted by molar-refractivity contribution is 5.76. The first-order chi connectivity index (χ1) is 12.7. The Morgan fingerprint density at radius 1 is 1.08 bits per heavy atom. The fraction of sp³-hybridized carbons (Fsp3) is 0.273. The molecule has 4 heteroatoms. The molecule has 3 rings (SSSR count). The Morgan fingerprint density at radius 2 is 1.77 bits per heavy atom. The van der Waals surface area contributed by atoms with Crippen LogP contribution in [0.5, 0.6) is 0 Å². The molecule has 4 nitrogen and oxygen atoms in total. The second-order valence-corrected chi connectivity index (χ2v) is 6.57. The monoisotopic (exact) mass is 347 g/mol. The molecule has 0 saturated heterocycles. The molecule has 1 amide bonds. The van der Waals surface area contributed by atoms with Gasteiger partial charge in [0.1, 0.15) is 5.82 Å². The Balaban J connectivity index is 1.46. The lowest BCUT2D eigenvalue weighted by atomic mass is 9.97. The minimum Gasteiger partial charge on any atom is -0.356 e. The van der Waals surface area contributed by atoms with Gasteiger partial charge in [-0.25, -0.2) is 4.98 Å². The number of amides is 1. The molecular weight excluding hydrogens is 322 g/mol. The summed E-state index contributed by atoms with van der Waals surface area (Å²) in [5, 5.41) is 3.02. The number of hydrogen-bond donors (Lipinski definition) is 1. The van der Waals surface area contributed by atoms with Gasteiger partial charge < -0.3 is 9.88 Å². The molecule has 1 atom stereocenters. The third-order valence-electron chi connectivity index (χ3n) is 4.53. The molecule has 1 heterocycles. The van der Waals surface area contributed by atoms with Gasteiger partial charge in [0.05, 0.1) is 0 Å². The van der Waals surface area contributed by atoms with Gasteiger partial charge in [-0.2, -0.15) is 0 Å². The van der Waals surface area contributed by atoms with E-state index < -0.39 is 0 Å². The maximum absolute atomic E-state index is 12.2. The van der Waals surface area contributed by atoms with Crippen LogP contribution in [0.2, 0.25) is 0 Å². The van der Waals surface area contributed by atoms with Gasteiger partial charge in [0.25, 0.3) is 0 Å². The maximum Gasteiger partial charge on any atom is 0.220 e. The van der Waals surface area contributed by atoms with Crippen molar-refractivity contribution in [2.45, 2.75) is 32.2 Å². The average molecular weight is 347 g/mol. The molecule has 1 unspecified atom stereocenters. The highest BCUT2D eigenvalue weighted by Gasteiger charge is 2.11. The molecule has 0 aliphatic rings. The fourth-order valence-corrected chi connectivity index (χ4v) is 3.06. The maximum atomic E-state index is 12.2. The summed E-state index contributed by atoms with van der Waals surface area (Å²) >= 11 is 0. The van der Waals surface area contributed by atoms with Crippen molar-refractivity contribution in [1.29, 1.82) is 0 Å². The lowest BCUT2D eigenvalue weighted by Crippen LogP contribution is -2.27. The molecule has 0 aliphatic heterocycles. The molecule has 3 aromatic rings. The zero-order chi connectivity index (χ0) is 18.2. The first kappa shape index (κ1) is 17.9. The second kappa shape index (κ2) is 8.99. The molecular formula is C22H25N3O. The van der Waals surface area contributed by atoms with E-state index in [9.17, 15) is 4.79 Å². The standard InChI is InChI=1S/C22H25N3O/c1-18(20-10-6-3-7-11-20)16-22(26)24-13-12-21-23-14-15-25(21)17-19-8-4-2-5-9-19/h2-11,14-15,18H,12-13,16-17H2,1H3,(H,24,26). The third-order valence-corrected chi connectivity index (χ3v) is 4.53. The molecule has 0 aliphatic carbocycles. The number of benzene rings is 2. The zero-order valence-electron chi connectivity index (χ0n) is 15.1. The van der Waals surface area contributed by atoms with Crippen molar-refractivity contribution < 1.29 is 4.79 Å². The summed E-state index contributed by atoms with van der Waals surface area (Å²) in [6.07, 6.45) is 5.03. The van der Waals surface area contributed by atoms with E-state index in [1.807, 2.05) is 48.8 Å². The van der Waals surface area contributed by atoms with Gasteiger partial charge in [-0.1, -0.05) is 67.6 Å². The van der Waals surface area contributed by atoms with E-state index >= 15 is 0 Å². The van der Waals surface area contributed by atoms with Crippen LogP contribution in [-0.2, 0) is 17.8 Å². The van der Waals surface area contributed by atoms with Crippen LogP contribution >= 0.6 is 0 Å². The number of aromatic nitrogens is 2. The van der Waals surface area contributed by atoms with Gasteiger partial charge in [0, 0.05) is 38.3 Å². The van der Waals surface area contributed by atoms with Gasteiger partial charge in [-0.05, 0) is 17.0 Å². The van der Waals surface area contributed by atoms with Gasteiger partial charge in [-0.15, -0.1) is 0 Å². The van der Waals surface area contributed by atoms with E-state index in [2.05, 4.69) is 46.1 Å². The van der Waals surface area contributed by atoms with Gasteiger partial charge in [0.15, 0.2) is 0 Å². The normalized spacial score (nSPS) is 11.9. The Bertz CT molecular complexity index is 812. The quantitative estimate of drug-likeness (QED) is 0.674. The van der Waals surface area contributed by atoms with Crippen LogP contribution in [0.1, 0.15) is 36.2 Å². The van der Waals surface area contributed by atoms with Gasteiger partial charge in [0.2, 0.25) is 5.91 Å². The van der Waals surface area contributed by atoms with Crippen molar-refractivity contribution in [3.8, 4) is 0 Å². The summed E-state index contributed by atoms with van der Waals surface area (Å²) in [5.41, 5.74) is 2.44. The smallest absolute Gasteiger partial charge is 0.220 e. The molecule has 0 spiro atoms. The first-order valence-electron chi connectivity index (χ1n) is 9.08. The third kappa shape index (κ3) is 5.06. The summed E-state index contributed by atoms with van der Waals surface area (Å²) in [6, 6.07) is 20.5. The Labute approximate surface area is 154 Å². The number of carbonyl (C=O) groups is 1. The highest BCUT2D eigenvalue weighted by atomic mass is 16.1. The van der Waals surface area contributed by atoms with Crippen molar-refractivity contribution in [2.75, 3.05) is 6.54 Å². The molecule has 1 aromatic heterocycles. The van der Waals surface area contributed by atoms with Gasteiger partial charge >= 0.3 is 0 Å². The molecule has 26 heavy (non-hydrogen) atoms. The van der Waals surface area contributed by atoms with Crippen molar-refractivity contribution in [2.24, 2.45) is 0 Å². The van der Waals surface area contributed by atoms with Crippen LogP contribution in [0.3, 0.4) is 0 Å².